The summed E-state index contributed by atoms with van der Waals surface area (Å²) in [5, 5.41) is 0. The van der Waals surface area contributed by atoms with Gasteiger partial charge in [0.15, 0.2) is 5.65 Å². The van der Waals surface area contributed by atoms with Crippen molar-refractivity contribution in [2.24, 2.45) is 0 Å². The molecule has 0 saturated carbocycles. The summed E-state index contributed by atoms with van der Waals surface area (Å²) in [5.41, 5.74) is 2.03. The van der Waals surface area contributed by atoms with E-state index in [-0.39, 0.29) is 6.23 Å². The Kier molecular flexibility index (Phi) is 3.49. The molecule has 0 bridgehead atoms. The number of halogens is 1. The lowest BCUT2D eigenvalue weighted by atomic mass is 10.1. The van der Waals surface area contributed by atoms with Gasteiger partial charge in [-0.3, -0.25) is 4.57 Å². The second-order valence-corrected chi connectivity index (χ2v) is 5.59. The normalized spacial score (nSPS) is 18.4. The van der Waals surface area contributed by atoms with Crippen LogP contribution in [0.15, 0.2) is 24.7 Å². The predicted octanol–water partition coefficient (Wildman–Crippen LogP) is 3.03. The van der Waals surface area contributed by atoms with E-state index >= 15 is 0 Å². The lowest BCUT2D eigenvalue weighted by Gasteiger charge is -2.24. The van der Waals surface area contributed by atoms with Crippen molar-refractivity contribution in [3.8, 4) is 11.3 Å². The summed E-state index contributed by atoms with van der Waals surface area (Å²) < 4.78 is 21.9. The van der Waals surface area contributed by atoms with Crippen LogP contribution in [0.3, 0.4) is 0 Å². The van der Waals surface area contributed by atoms with Crippen LogP contribution in [-0.4, -0.2) is 31.1 Å². The third-order valence-corrected chi connectivity index (χ3v) is 4.11. The fraction of sp³-hybridized carbons (Fsp3) is 0.375. The zero-order chi connectivity index (χ0) is 15.8. The molecule has 23 heavy (non-hydrogen) atoms. The maximum absolute atomic E-state index is 14.0. The topological polar surface area (TPSA) is 65.7 Å². The fourth-order valence-corrected chi connectivity index (χ4v) is 3.05. The van der Waals surface area contributed by atoms with Crippen molar-refractivity contribution in [1.82, 2.24) is 24.5 Å². The lowest BCUT2D eigenvalue weighted by molar-refractivity contribution is -0.0309. The van der Waals surface area contributed by atoms with Crippen LogP contribution in [0.2, 0.25) is 0 Å². The van der Waals surface area contributed by atoms with Gasteiger partial charge in [-0.05, 0) is 38.3 Å². The average molecular weight is 313 g/mol. The van der Waals surface area contributed by atoms with Crippen LogP contribution >= 0.6 is 0 Å². The molecule has 1 atom stereocenters. The Balaban J connectivity index is 1.91. The number of hydrogen-bond donors (Lipinski definition) is 0. The summed E-state index contributed by atoms with van der Waals surface area (Å²) in [6, 6.07) is 3.33. The zero-order valence-corrected chi connectivity index (χ0v) is 12.7. The molecule has 3 aromatic heterocycles. The molecule has 4 rings (SSSR count). The molecular formula is C16H16FN5O. The van der Waals surface area contributed by atoms with Gasteiger partial charge in [-0.1, -0.05) is 0 Å². The maximum atomic E-state index is 14.0. The molecule has 1 saturated heterocycles. The van der Waals surface area contributed by atoms with Gasteiger partial charge in [-0.25, -0.2) is 19.9 Å². The molecule has 1 aliphatic rings. The van der Waals surface area contributed by atoms with Crippen molar-refractivity contribution >= 4 is 11.2 Å². The van der Waals surface area contributed by atoms with E-state index in [0.29, 0.717) is 22.4 Å². The van der Waals surface area contributed by atoms with Gasteiger partial charge in [0.1, 0.15) is 29.6 Å². The smallest absolute Gasteiger partial charge is 0.222 e. The van der Waals surface area contributed by atoms with Gasteiger partial charge in [0, 0.05) is 12.8 Å². The Labute approximate surface area is 132 Å². The highest BCUT2D eigenvalue weighted by molar-refractivity contribution is 5.87. The molecular weight excluding hydrogens is 297 g/mol. The minimum atomic E-state index is -0.561. The molecule has 0 amide bonds. The summed E-state index contributed by atoms with van der Waals surface area (Å²) >= 11 is 0. The first-order valence-electron chi connectivity index (χ1n) is 7.67. The number of hydrogen-bond acceptors (Lipinski definition) is 5. The predicted molar refractivity (Wildman–Crippen MR) is 82.1 cm³/mol. The first kappa shape index (κ1) is 14.2. The highest BCUT2D eigenvalue weighted by atomic mass is 19.1. The SMILES string of the molecule is Cc1nc2c(-c3cccnc3F)ncnc2n1C1CCCCO1. The number of pyridine rings is 1. The van der Waals surface area contributed by atoms with Gasteiger partial charge in [0.25, 0.3) is 0 Å². The van der Waals surface area contributed by atoms with Gasteiger partial charge >= 0.3 is 0 Å². The van der Waals surface area contributed by atoms with E-state index in [2.05, 4.69) is 19.9 Å². The van der Waals surface area contributed by atoms with Crippen molar-refractivity contribution in [1.29, 1.82) is 0 Å². The quantitative estimate of drug-likeness (QED) is 0.680. The van der Waals surface area contributed by atoms with E-state index in [0.717, 1.165) is 31.7 Å². The summed E-state index contributed by atoms with van der Waals surface area (Å²) in [6.45, 7) is 2.64. The molecule has 0 spiro atoms. The summed E-state index contributed by atoms with van der Waals surface area (Å²) in [5.74, 6) is 0.228. The van der Waals surface area contributed by atoms with Crippen molar-refractivity contribution in [2.75, 3.05) is 6.61 Å². The van der Waals surface area contributed by atoms with Gasteiger partial charge in [0.2, 0.25) is 5.95 Å². The van der Waals surface area contributed by atoms with Crippen LogP contribution in [0.5, 0.6) is 0 Å². The third-order valence-electron chi connectivity index (χ3n) is 4.11. The van der Waals surface area contributed by atoms with Crippen LogP contribution in [-0.2, 0) is 4.74 Å². The number of ether oxygens (including phenoxy) is 1. The minimum absolute atomic E-state index is 0.0738. The maximum Gasteiger partial charge on any atom is 0.222 e. The highest BCUT2D eigenvalue weighted by Crippen LogP contribution is 2.31. The van der Waals surface area contributed by atoms with Gasteiger partial charge in [-0.15, -0.1) is 0 Å². The van der Waals surface area contributed by atoms with Crippen LogP contribution in [0.25, 0.3) is 22.4 Å². The second-order valence-electron chi connectivity index (χ2n) is 5.59. The van der Waals surface area contributed by atoms with Crippen LogP contribution in [0.4, 0.5) is 4.39 Å². The molecule has 7 heteroatoms. The van der Waals surface area contributed by atoms with Crippen molar-refractivity contribution in [3.05, 3.63) is 36.4 Å². The molecule has 1 aliphatic heterocycles. The Hall–Kier alpha value is -2.41. The van der Waals surface area contributed by atoms with Crippen LogP contribution in [0, 0.1) is 12.9 Å². The molecule has 0 aliphatic carbocycles. The molecule has 0 aromatic carbocycles. The molecule has 1 fully saturated rings. The van der Waals surface area contributed by atoms with E-state index < -0.39 is 5.95 Å². The lowest BCUT2D eigenvalue weighted by Crippen LogP contribution is -2.19. The summed E-state index contributed by atoms with van der Waals surface area (Å²) in [4.78, 5) is 16.9. The standard InChI is InChI=1S/C16H16FN5O/c1-10-21-14-13(11-5-4-7-18-15(11)17)19-9-20-16(14)22(10)12-6-2-3-8-23-12/h4-5,7,9,12H,2-3,6,8H2,1H3. The highest BCUT2D eigenvalue weighted by Gasteiger charge is 2.23. The molecule has 4 heterocycles. The largest absolute Gasteiger partial charge is 0.358 e. The van der Waals surface area contributed by atoms with Crippen LogP contribution in [0.1, 0.15) is 31.3 Å². The Morgan fingerprint density at radius 1 is 1.26 bits per heavy atom. The Bertz CT molecular complexity index is 857. The van der Waals surface area contributed by atoms with Crippen molar-refractivity contribution in [3.63, 3.8) is 0 Å². The monoisotopic (exact) mass is 313 g/mol. The van der Waals surface area contributed by atoms with E-state index in [1.807, 2.05) is 11.5 Å². The second kappa shape index (κ2) is 5.66. The van der Waals surface area contributed by atoms with Gasteiger partial charge in [-0.2, -0.15) is 4.39 Å². The number of imidazole rings is 1. The first-order chi connectivity index (χ1) is 11.3. The fourth-order valence-electron chi connectivity index (χ4n) is 3.05. The van der Waals surface area contributed by atoms with E-state index in [1.54, 1.807) is 12.1 Å². The van der Waals surface area contributed by atoms with Gasteiger partial charge < -0.3 is 4.74 Å². The number of aromatic nitrogens is 5. The molecule has 3 aromatic rings. The molecule has 118 valence electrons. The molecule has 0 radical (unpaired) electrons. The van der Waals surface area contributed by atoms with Crippen molar-refractivity contribution in [2.45, 2.75) is 32.4 Å². The average Bonchev–Trinajstić information content (AvgIpc) is 2.92. The van der Waals surface area contributed by atoms with E-state index in [9.17, 15) is 4.39 Å². The van der Waals surface area contributed by atoms with Gasteiger partial charge in [0.05, 0.1) is 5.56 Å². The third kappa shape index (κ3) is 2.37. The number of nitrogens with zero attached hydrogens (tertiary/aromatic N) is 5. The first-order valence-corrected chi connectivity index (χ1v) is 7.67. The Morgan fingerprint density at radius 2 is 2.17 bits per heavy atom. The minimum Gasteiger partial charge on any atom is -0.358 e. The number of fused-ring (bicyclic) bond motifs is 1. The molecule has 0 N–H and O–H groups in total. The zero-order valence-electron chi connectivity index (χ0n) is 12.7. The molecule has 6 nitrogen and oxygen atoms in total. The Morgan fingerprint density at radius 3 is 2.96 bits per heavy atom. The number of rotatable bonds is 2. The van der Waals surface area contributed by atoms with E-state index in [1.165, 1.54) is 12.5 Å². The molecule has 1 unspecified atom stereocenters. The summed E-state index contributed by atoms with van der Waals surface area (Å²) in [7, 11) is 0. The van der Waals surface area contributed by atoms with Crippen LogP contribution < -0.4 is 0 Å². The van der Waals surface area contributed by atoms with E-state index in [4.69, 9.17) is 4.74 Å². The summed E-state index contributed by atoms with van der Waals surface area (Å²) in [6.07, 6.45) is 5.88. The number of aryl methyl sites for hydroxylation is 1. The van der Waals surface area contributed by atoms with Crippen molar-refractivity contribution < 1.29 is 9.13 Å².